The number of rotatable bonds is 2. The normalized spacial score (nSPS) is 15.5. The number of aryl methyl sites for hydroxylation is 1. The molecule has 0 aliphatic heterocycles. The zero-order valence-electron chi connectivity index (χ0n) is 8.90. The predicted molar refractivity (Wildman–Crippen MR) is 59.6 cm³/mol. The van der Waals surface area contributed by atoms with E-state index in [0.717, 1.165) is 21.9 Å². The first-order valence-electron chi connectivity index (χ1n) is 5.00. The van der Waals surface area contributed by atoms with E-state index in [4.69, 9.17) is 10.2 Å². The molecule has 0 radical (unpaired) electrons. The number of fused-ring (bicyclic) bond motifs is 1. The van der Waals surface area contributed by atoms with Crippen molar-refractivity contribution >= 4 is 10.8 Å². The summed E-state index contributed by atoms with van der Waals surface area (Å²) in [6, 6.07) is 3.57. The van der Waals surface area contributed by atoms with Crippen LogP contribution >= 0.6 is 0 Å². The molecule has 2 aromatic rings. The Kier molecular flexibility index (Phi) is 2.50. The fraction of sp³-hybridized carbons (Fsp3) is 0.333. The number of hydrogen-bond donors (Lipinski definition) is 2. The van der Waals surface area contributed by atoms with Crippen molar-refractivity contribution in [1.29, 1.82) is 0 Å². The van der Waals surface area contributed by atoms with E-state index in [1.54, 1.807) is 19.5 Å². The second-order valence-corrected chi connectivity index (χ2v) is 3.96. The SMILES string of the molecule is Cc1c(C(O)C(C)N)ccc2cocc12. The smallest absolute Gasteiger partial charge is 0.0984 e. The zero-order valence-corrected chi connectivity index (χ0v) is 8.90. The summed E-state index contributed by atoms with van der Waals surface area (Å²) in [5.74, 6) is 0. The average molecular weight is 205 g/mol. The molecule has 0 aliphatic carbocycles. The molecule has 3 nitrogen and oxygen atoms in total. The van der Waals surface area contributed by atoms with Crippen LogP contribution < -0.4 is 5.73 Å². The zero-order chi connectivity index (χ0) is 11.0. The van der Waals surface area contributed by atoms with E-state index < -0.39 is 6.10 Å². The van der Waals surface area contributed by atoms with E-state index in [0.29, 0.717) is 0 Å². The lowest BCUT2D eigenvalue weighted by Gasteiger charge is -2.17. The molecule has 1 aromatic heterocycles. The Morgan fingerprint density at radius 3 is 2.73 bits per heavy atom. The number of aliphatic hydroxyl groups is 1. The van der Waals surface area contributed by atoms with E-state index in [2.05, 4.69) is 0 Å². The first kappa shape index (κ1) is 10.2. The van der Waals surface area contributed by atoms with Crippen LogP contribution in [0.1, 0.15) is 24.2 Å². The Bertz CT molecular complexity index is 473. The van der Waals surface area contributed by atoms with Gasteiger partial charge < -0.3 is 15.3 Å². The Labute approximate surface area is 88.5 Å². The molecule has 0 fully saturated rings. The van der Waals surface area contributed by atoms with Crippen LogP contribution in [-0.2, 0) is 0 Å². The standard InChI is InChI=1S/C12H15NO2/c1-7-10(12(14)8(2)13)4-3-9-5-15-6-11(7)9/h3-6,8,12,14H,13H2,1-2H3. The molecule has 0 saturated carbocycles. The number of aliphatic hydroxyl groups excluding tert-OH is 1. The Hall–Kier alpha value is -1.32. The van der Waals surface area contributed by atoms with Crippen molar-refractivity contribution in [3.8, 4) is 0 Å². The van der Waals surface area contributed by atoms with Gasteiger partial charge in [0.05, 0.1) is 18.6 Å². The van der Waals surface area contributed by atoms with Crippen molar-refractivity contribution in [2.24, 2.45) is 5.73 Å². The number of furan rings is 1. The van der Waals surface area contributed by atoms with E-state index in [1.165, 1.54) is 0 Å². The number of benzene rings is 1. The van der Waals surface area contributed by atoms with E-state index >= 15 is 0 Å². The third-order valence-electron chi connectivity index (χ3n) is 2.79. The molecule has 3 N–H and O–H groups in total. The van der Waals surface area contributed by atoms with Gasteiger partial charge in [-0.25, -0.2) is 0 Å². The van der Waals surface area contributed by atoms with Crippen LogP contribution in [0.5, 0.6) is 0 Å². The second-order valence-electron chi connectivity index (χ2n) is 3.96. The van der Waals surface area contributed by atoms with Crippen LogP contribution in [-0.4, -0.2) is 11.1 Å². The number of hydrogen-bond acceptors (Lipinski definition) is 3. The highest BCUT2D eigenvalue weighted by atomic mass is 16.3. The molecule has 1 aromatic carbocycles. The van der Waals surface area contributed by atoms with Gasteiger partial charge in [-0.2, -0.15) is 0 Å². The van der Waals surface area contributed by atoms with Gasteiger partial charge in [0.1, 0.15) is 0 Å². The molecular weight excluding hydrogens is 190 g/mol. The summed E-state index contributed by atoms with van der Waals surface area (Å²) in [6.07, 6.45) is 2.77. The summed E-state index contributed by atoms with van der Waals surface area (Å²) >= 11 is 0. The maximum Gasteiger partial charge on any atom is 0.0984 e. The summed E-state index contributed by atoms with van der Waals surface area (Å²) in [7, 11) is 0. The number of nitrogens with two attached hydrogens (primary N) is 1. The van der Waals surface area contributed by atoms with Gasteiger partial charge in [-0.1, -0.05) is 12.1 Å². The molecule has 2 rings (SSSR count). The van der Waals surface area contributed by atoms with Gasteiger partial charge >= 0.3 is 0 Å². The maximum absolute atomic E-state index is 9.92. The van der Waals surface area contributed by atoms with Crippen molar-refractivity contribution in [2.75, 3.05) is 0 Å². The van der Waals surface area contributed by atoms with Gasteiger partial charge in [0.25, 0.3) is 0 Å². The van der Waals surface area contributed by atoms with Gasteiger partial charge in [-0.05, 0) is 25.0 Å². The first-order valence-corrected chi connectivity index (χ1v) is 5.00. The third kappa shape index (κ3) is 1.64. The van der Waals surface area contributed by atoms with Crippen LogP contribution in [0.2, 0.25) is 0 Å². The fourth-order valence-electron chi connectivity index (χ4n) is 1.80. The molecule has 0 spiro atoms. The van der Waals surface area contributed by atoms with Crippen molar-refractivity contribution < 1.29 is 9.52 Å². The lowest BCUT2D eigenvalue weighted by molar-refractivity contribution is 0.153. The molecule has 1 heterocycles. The molecular formula is C12H15NO2. The Balaban J connectivity index is 2.57. The van der Waals surface area contributed by atoms with Crippen molar-refractivity contribution in [1.82, 2.24) is 0 Å². The molecule has 3 heteroatoms. The highest BCUT2D eigenvalue weighted by Crippen LogP contribution is 2.27. The fourth-order valence-corrected chi connectivity index (χ4v) is 1.80. The second kappa shape index (κ2) is 3.68. The quantitative estimate of drug-likeness (QED) is 0.789. The van der Waals surface area contributed by atoms with Crippen LogP contribution in [0.25, 0.3) is 10.8 Å². The molecule has 2 unspecified atom stereocenters. The predicted octanol–water partition coefficient (Wildman–Crippen LogP) is 2.12. The average Bonchev–Trinajstić information content (AvgIpc) is 2.66. The van der Waals surface area contributed by atoms with Crippen LogP contribution in [0, 0.1) is 6.92 Å². The lowest BCUT2D eigenvalue weighted by Crippen LogP contribution is -2.24. The largest absolute Gasteiger partial charge is 0.471 e. The molecule has 15 heavy (non-hydrogen) atoms. The van der Waals surface area contributed by atoms with Crippen LogP contribution in [0.3, 0.4) is 0 Å². The highest BCUT2D eigenvalue weighted by Gasteiger charge is 2.16. The third-order valence-corrected chi connectivity index (χ3v) is 2.79. The molecule has 80 valence electrons. The summed E-state index contributed by atoms with van der Waals surface area (Å²) in [5, 5.41) is 12.0. The van der Waals surface area contributed by atoms with Gasteiger partial charge in [0.15, 0.2) is 0 Å². The van der Waals surface area contributed by atoms with Crippen molar-refractivity contribution in [3.63, 3.8) is 0 Å². The van der Waals surface area contributed by atoms with Crippen molar-refractivity contribution in [3.05, 3.63) is 35.8 Å². The van der Waals surface area contributed by atoms with Crippen LogP contribution in [0.15, 0.2) is 29.1 Å². The molecule has 0 aliphatic rings. The van der Waals surface area contributed by atoms with Gasteiger partial charge in [-0.3, -0.25) is 0 Å². The highest BCUT2D eigenvalue weighted by molar-refractivity contribution is 5.85. The topological polar surface area (TPSA) is 59.4 Å². The van der Waals surface area contributed by atoms with E-state index in [1.807, 2.05) is 19.1 Å². The minimum Gasteiger partial charge on any atom is -0.471 e. The minimum absolute atomic E-state index is 0.270. The molecule has 0 amide bonds. The Morgan fingerprint density at radius 2 is 2.07 bits per heavy atom. The van der Waals surface area contributed by atoms with Gasteiger partial charge in [-0.15, -0.1) is 0 Å². The van der Waals surface area contributed by atoms with E-state index in [-0.39, 0.29) is 6.04 Å². The van der Waals surface area contributed by atoms with Gasteiger partial charge in [0.2, 0.25) is 0 Å². The Morgan fingerprint density at radius 1 is 1.33 bits per heavy atom. The maximum atomic E-state index is 9.92. The summed E-state index contributed by atoms with van der Waals surface area (Å²) in [5.41, 5.74) is 7.59. The van der Waals surface area contributed by atoms with E-state index in [9.17, 15) is 5.11 Å². The molecule has 0 bridgehead atoms. The minimum atomic E-state index is -0.621. The summed E-state index contributed by atoms with van der Waals surface area (Å²) < 4.78 is 5.13. The monoisotopic (exact) mass is 205 g/mol. The summed E-state index contributed by atoms with van der Waals surface area (Å²) in [4.78, 5) is 0. The summed E-state index contributed by atoms with van der Waals surface area (Å²) in [6.45, 7) is 3.77. The van der Waals surface area contributed by atoms with Gasteiger partial charge in [0, 0.05) is 16.8 Å². The molecule has 2 atom stereocenters. The molecule has 0 saturated heterocycles. The van der Waals surface area contributed by atoms with Crippen molar-refractivity contribution in [2.45, 2.75) is 26.0 Å². The lowest BCUT2D eigenvalue weighted by atomic mass is 9.96. The van der Waals surface area contributed by atoms with Crippen LogP contribution in [0.4, 0.5) is 0 Å². The first-order chi connectivity index (χ1) is 7.11.